The first kappa shape index (κ1) is 12.2. The highest BCUT2D eigenvalue weighted by Gasteiger charge is 2.16. The number of aromatic nitrogens is 1. The molecule has 0 saturated heterocycles. The summed E-state index contributed by atoms with van der Waals surface area (Å²) in [4.78, 5) is 2.94. The van der Waals surface area contributed by atoms with E-state index in [1.54, 1.807) is 6.20 Å². The second-order valence-electron chi connectivity index (χ2n) is 3.89. The van der Waals surface area contributed by atoms with Crippen LogP contribution >= 0.6 is 10.7 Å². The Hall–Kier alpha value is -1.26. The van der Waals surface area contributed by atoms with Crippen LogP contribution in [0.25, 0.3) is 0 Å². The van der Waals surface area contributed by atoms with E-state index in [9.17, 15) is 8.42 Å². The monoisotopic (exact) mass is 269 g/mol. The molecule has 17 heavy (non-hydrogen) atoms. The Kier molecular flexibility index (Phi) is 3.26. The summed E-state index contributed by atoms with van der Waals surface area (Å²) < 4.78 is 22.7. The quantitative estimate of drug-likeness (QED) is 0.871. The summed E-state index contributed by atoms with van der Waals surface area (Å²) in [6.45, 7) is 2.00. The van der Waals surface area contributed by atoms with Crippen molar-refractivity contribution in [3.05, 3.63) is 53.3 Å². The van der Waals surface area contributed by atoms with Crippen LogP contribution in [-0.2, 0) is 15.5 Å². The molecular formula is C12H12ClNO2S. The highest BCUT2D eigenvalue weighted by Crippen LogP contribution is 2.23. The molecule has 1 aromatic carbocycles. The minimum atomic E-state index is -3.68. The maximum Gasteiger partial charge on any atom is 0.263 e. The predicted molar refractivity (Wildman–Crippen MR) is 67.8 cm³/mol. The molecule has 0 unspecified atom stereocenters. The van der Waals surface area contributed by atoms with Crippen LogP contribution in [0.5, 0.6) is 0 Å². The fourth-order valence-corrected chi connectivity index (χ4v) is 2.84. The van der Waals surface area contributed by atoms with Crippen LogP contribution in [0, 0.1) is 6.92 Å². The predicted octanol–water partition coefficient (Wildman–Crippen LogP) is 2.84. The number of halogens is 1. The van der Waals surface area contributed by atoms with E-state index in [1.807, 2.05) is 31.2 Å². The van der Waals surface area contributed by atoms with E-state index in [4.69, 9.17) is 10.7 Å². The van der Waals surface area contributed by atoms with Gasteiger partial charge in [-0.05, 0) is 23.6 Å². The van der Waals surface area contributed by atoms with Gasteiger partial charge < -0.3 is 4.98 Å². The maximum atomic E-state index is 11.3. The van der Waals surface area contributed by atoms with Gasteiger partial charge in [0, 0.05) is 29.5 Å². The Morgan fingerprint density at radius 2 is 1.88 bits per heavy atom. The van der Waals surface area contributed by atoms with Crippen molar-refractivity contribution < 1.29 is 8.42 Å². The Labute approximate surface area is 105 Å². The molecule has 0 atom stereocenters. The number of nitrogens with one attached hydrogen (secondary N) is 1. The molecule has 0 spiro atoms. The van der Waals surface area contributed by atoms with Crippen molar-refractivity contribution in [1.29, 1.82) is 0 Å². The van der Waals surface area contributed by atoms with E-state index >= 15 is 0 Å². The van der Waals surface area contributed by atoms with Gasteiger partial charge in [-0.2, -0.15) is 0 Å². The molecular weight excluding hydrogens is 258 g/mol. The lowest BCUT2D eigenvalue weighted by atomic mass is 10.0. The molecule has 2 rings (SSSR count). The maximum absolute atomic E-state index is 11.3. The number of benzene rings is 1. The first-order valence-corrected chi connectivity index (χ1v) is 7.44. The Morgan fingerprint density at radius 1 is 1.18 bits per heavy atom. The lowest BCUT2D eigenvalue weighted by Crippen LogP contribution is -1.96. The highest BCUT2D eigenvalue weighted by atomic mass is 35.7. The second kappa shape index (κ2) is 4.55. The minimum absolute atomic E-state index is 0.155. The molecule has 0 aliphatic rings. The molecule has 3 nitrogen and oxygen atoms in total. The zero-order valence-corrected chi connectivity index (χ0v) is 10.8. The third kappa shape index (κ3) is 2.70. The van der Waals surface area contributed by atoms with E-state index in [1.165, 1.54) is 6.20 Å². The summed E-state index contributed by atoms with van der Waals surface area (Å²) in [5, 5.41) is 0. The SMILES string of the molecule is Cc1ccccc1Cc1c[nH]cc1S(=O)(=O)Cl. The van der Waals surface area contributed by atoms with E-state index in [0.717, 1.165) is 11.1 Å². The summed E-state index contributed by atoms with van der Waals surface area (Å²) in [7, 11) is 1.68. The third-order valence-electron chi connectivity index (χ3n) is 2.69. The Morgan fingerprint density at radius 3 is 2.53 bits per heavy atom. The fourth-order valence-electron chi connectivity index (χ4n) is 1.76. The molecule has 0 saturated carbocycles. The Bertz CT molecular complexity index is 631. The van der Waals surface area contributed by atoms with Gasteiger partial charge in [0.15, 0.2) is 0 Å². The van der Waals surface area contributed by atoms with Crippen LogP contribution in [0.1, 0.15) is 16.7 Å². The van der Waals surface area contributed by atoms with Crippen molar-refractivity contribution in [3.8, 4) is 0 Å². The van der Waals surface area contributed by atoms with Crippen molar-refractivity contribution in [1.82, 2.24) is 4.98 Å². The van der Waals surface area contributed by atoms with Crippen molar-refractivity contribution in [2.75, 3.05) is 0 Å². The van der Waals surface area contributed by atoms with Gasteiger partial charge >= 0.3 is 0 Å². The fraction of sp³-hybridized carbons (Fsp3) is 0.167. The molecule has 1 N–H and O–H groups in total. The van der Waals surface area contributed by atoms with Gasteiger partial charge in [-0.25, -0.2) is 8.42 Å². The number of rotatable bonds is 3. The smallest absolute Gasteiger partial charge is 0.263 e. The molecule has 2 aromatic rings. The van der Waals surface area contributed by atoms with Crippen molar-refractivity contribution >= 4 is 19.7 Å². The van der Waals surface area contributed by atoms with E-state index < -0.39 is 9.05 Å². The molecule has 0 radical (unpaired) electrons. The largest absolute Gasteiger partial charge is 0.366 e. The molecule has 0 aliphatic carbocycles. The lowest BCUT2D eigenvalue weighted by molar-refractivity contribution is 0.609. The lowest BCUT2D eigenvalue weighted by Gasteiger charge is -2.05. The summed E-state index contributed by atoms with van der Waals surface area (Å²) in [6.07, 6.45) is 3.63. The van der Waals surface area contributed by atoms with Crippen LogP contribution in [0.15, 0.2) is 41.6 Å². The molecule has 1 heterocycles. The van der Waals surface area contributed by atoms with Gasteiger partial charge in [-0.1, -0.05) is 24.3 Å². The van der Waals surface area contributed by atoms with Crippen LogP contribution in [-0.4, -0.2) is 13.4 Å². The Balaban J connectivity index is 2.39. The van der Waals surface area contributed by atoms with Gasteiger partial charge in [0.25, 0.3) is 9.05 Å². The average Bonchev–Trinajstić information content (AvgIpc) is 2.69. The molecule has 1 aromatic heterocycles. The topological polar surface area (TPSA) is 49.9 Å². The molecule has 90 valence electrons. The third-order valence-corrected chi connectivity index (χ3v) is 4.10. The van der Waals surface area contributed by atoms with Gasteiger partial charge in [-0.3, -0.25) is 0 Å². The zero-order valence-electron chi connectivity index (χ0n) is 9.27. The number of hydrogen-bond donors (Lipinski definition) is 1. The number of aromatic amines is 1. The van der Waals surface area contributed by atoms with Gasteiger partial charge in [0.1, 0.15) is 4.90 Å². The van der Waals surface area contributed by atoms with Crippen molar-refractivity contribution in [3.63, 3.8) is 0 Å². The standard InChI is InChI=1S/C12H12ClNO2S/c1-9-4-2-3-5-10(9)6-11-7-14-8-12(11)17(13,15)16/h2-5,7-8,14H,6H2,1H3. The van der Waals surface area contributed by atoms with Gasteiger partial charge in [-0.15, -0.1) is 0 Å². The van der Waals surface area contributed by atoms with E-state index in [0.29, 0.717) is 12.0 Å². The molecule has 0 bridgehead atoms. The van der Waals surface area contributed by atoms with Crippen LogP contribution < -0.4 is 0 Å². The number of aryl methyl sites for hydroxylation is 1. The van der Waals surface area contributed by atoms with Crippen molar-refractivity contribution in [2.45, 2.75) is 18.2 Å². The summed E-state index contributed by atoms with van der Waals surface area (Å²) in [5.41, 5.74) is 2.91. The first-order valence-electron chi connectivity index (χ1n) is 5.13. The van der Waals surface area contributed by atoms with Gasteiger partial charge in [0.05, 0.1) is 0 Å². The summed E-state index contributed by atoms with van der Waals surface area (Å²) in [6, 6.07) is 7.86. The molecule has 0 fully saturated rings. The van der Waals surface area contributed by atoms with Gasteiger partial charge in [0.2, 0.25) is 0 Å². The zero-order chi connectivity index (χ0) is 12.5. The number of hydrogen-bond acceptors (Lipinski definition) is 2. The minimum Gasteiger partial charge on any atom is -0.366 e. The molecule has 5 heteroatoms. The first-order chi connectivity index (χ1) is 7.98. The second-order valence-corrected chi connectivity index (χ2v) is 6.42. The van der Waals surface area contributed by atoms with Crippen molar-refractivity contribution in [2.24, 2.45) is 0 Å². The van der Waals surface area contributed by atoms with E-state index in [2.05, 4.69) is 4.98 Å². The molecule has 0 amide bonds. The normalized spacial score (nSPS) is 11.6. The summed E-state index contributed by atoms with van der Waals surface area (Å²) in [5.74, 6) is 0. The number of H-pyrrole nitrogens is 1. The van der Waals surface area contributed by atoms with E-state index in [-0.39, 0.29) is 4.90 Å². The van der Waals surface area contributed by atoms with Crippen LogP contribution in [0.2, 0.25) is 0 Å². The highest BCUT2D eigenvalue weighted by molar-refractivity contribution is 8.13. The molecule has 0 aliphatic heterocycles. The summed E-state index contributed by atoms with van der Waals surface area (Å²) >= 11 is 0. The average molecular weight is 270 g/mol. The van der Waals surface area contributed by atoms with Crippen LogP contribution in [0.3, 0.4) is 0 Å². The van der Waals surface area contributed by atoms with Crippen LogP contribution in [0.4, 0.5) is 0 Å².